The van der Waals surface area contributed by atoms with Crippen molar-refractivity contribution in [2.24, 2.45) is 22.7 Å². The lowest BCUT2D eigenvalue weighted by atomic mass is 9.72. The molecule has 16 heavy (non-hydrogen) atoms. The SMILES string of the molecule is CCC(C)(O)C1CCC2(C(C)(C)CC)CC12. The Labute approximate surface area is 101 Å². The summed E-state index contributed by atoms with van der Waals surface area (Å²) in [5, 5.41) is 10.5. The molecule has 2 aliphatic carbocycles. The van der Waals surface area contributed by atoms with Gasteiger partial charge < -0.3 is 5.11 Å². The second-order valence-corrected chi connectivity index (χ2v) is 7.06. The fourth-order valence-corrected chi connectivity index (χ4v) is 4.24. The van der Waals surface area contributed by atoms with Crippen LogP contribution in [0.25, 0.3) is 0 Å². The van der Waals surface area contributed by atoms with Crippen molar-refractivity contribution in [1.29, 1.82) is 0 Å². The van der Waals surface area contributed by atoms with Gasteiger partial charge in [0, 0.05) is 0 Å². The molecule has 0 saturated heterocycles. The molecule has 2 aliphatic rings. The van der Waals surface area contributed by atoms with Gasteiger partial charge in [0.2, 0.25) is 0 Å². The van der Waals surface area contributed by atoms with Gasteiger partial charge in [-0.2, -0.15) is 0 Å². The van der Waals surface area contributed by atoms with Crippen LogP contribution >= 0.6 is 0 Å². The summed E-state index contributed by atoms with van der Waals surface area (Å²) in [6.45, 7) is 11.3. The summed E-state index contributed by atoms with van der Waals surface area (Å²) in [4.78, 5) is 0. The van der Waals surface area contributed by atoms with Crippen molar-refractivity contribution in [1.82, 2.24) is 0 Å². The Bertz CT molecular complexity index is 279. The van der Waals surface area contributed by atoms with Crippen LogP contribution in [0.3, 0.4) is 0 Å². The minimum atomic E-state index is -0.424. The van der Waals surface area contributed by atoms with Gasteiger partial charge in [-0.25, -0.2) is 0 Å². The Balaban J connectivity index is 2.14. The summed E-state index contributed by atoms with van der Waals surface area (Å²) in [7, 11) is 0. The highest BCUT2D eigenvalue weighted by atomic mass is 16.3. The van der Waals surface area contributed by atoms with Gasteiger partial charge in [0.25, 0.3) is 0 Å². The normalized spacial score (nSPS) is 41.6. The third-order valence-electron chi connectivity index (χ3n) is 6.27. The van der Waals surface area contributed by atoms with E-state index in [2.05, 4.69) is 27.7 Å². The third kappa shape index (κ3) is 1.47. The average Bonchev–Trinajstić information content (AvgIpc) is 2.85. The molecule has 0 aromatic rings. The number of fused-ring (bicyclic) bond motifs is 1. The molecule has 0 radical (unpaired) electrons. The first kappa shape index (κ1) is 12.4. The summed E-state index contributed by atoms with van der Waals surface area (Å²) in [5.74, 6) is 1.36. The molecule has 0 spiro atoms. The van der Waals surface area contributed by atoms with E-state index in [1.807, 2.05) is 6.92 Å². The smallest absolute Gasteiger partial charge is 0.0648 e. The molecule has 2 rings (SSSR count). The Morgan fingerprint density at radius 2 is 1.81 bits per heavy atom. The van der Waals surface area contributed by atoms with E-state index in [0.29, 0.717) is 16.7 Å². The average molecular weight is 224 g/mol. The Hall–Kier alpha value is -0.0400. The topological polar surface area (TPSA) is 20.2 Å². The lowest BCUT2D eigenvalue weighted by molar-refractivity contribution is -0.0125. The van der Waals surface area contributed by atoms with Gasteiger partial charge in [-0.3, -0.25) is 0 Å². The summed E-state index contributed by atoms with van der Waals surface area (Å²) in [5.41, 5.74) is 0.620. The van der Waals surface area contributed by atoms with Gasteiger partial charge in [0.15, 0.2) is 0 Å². The fourth-order valence-electron chi connectivity index (χ4n) is 4.24. The van der Waals surface area contributed by atoms with Gasteiger partial charge in [-0.1, -0.05) is 34.1 Å². The van der Waals surface area contributed by atoms with E-state index in [9.17, 15) is 5.11 Å². The Kier molecular flexibility index (Phi) is 2.70. The highest BCUT2D eigenvalue weighted by Gasteiger charge is 2.69. The molecule has 0 heterocycles. The number of aliphatic hydroxyl groups is 1. The summed E-state index contributed by atoms with van der Waals surface area (Å²) >= 11 is 0. The van der Waals surface area contributed by atoms with Crippen LogP contribution in [-0.2, 0) is 0 Å². The first-order valence-corrected chi connectivity index (χ1v) is 7.03. The molecule has 0 amide bonds. The highest BCUT2D eigenvalue weighted by molar-refractivity contribution is 5.18. The second-order valence-electron chi connectivity index (χ2n) is 7.06. The predicted molar refractivity (Wildman–Crippen MR) is 68.3 cm³/mol. The zero-order valence-electron chi connectivity index (χ0n) is 11.6. The zero-order valence-corrected chi connectivity index (χ0v) is 11.6. The van der Waals surface area contributed by atoms with E-state index < -0.39 is 5.60 Å². The Morgan fingerprint density at radius 1 is 1.19 bits per heavy atom. The largest absolute Gasteiger partial charge is 0.390 e. The van der Waals surface area contributed by atoms with Crippen molar-refractivity contribution in [2.45, 2.75) is 72.3 Å². The molecule has 2 fully saturated rings. The van der Waals surface area contributed by atoms with Gasteiger partial charge in [0.1, 0.15) is 0 Å². The van der Waals surface area contributed by atoms with E-state index in [0.717, 1.165) is 12.3 Å². The van der Waals surface area contributed by atoms with E-state index in [1.165, 1.54) is 25.7 Å². The molecule has 1 nitrogen and oxygen atoms in total. The lowest BCUT2D eigenvalue weighted by Crippen LogP contribution is -2.34. The monoisotopic (exact) mass is 224 g/mol. The van der Waals surface area contributed by atoms with Gasteiger partial charge in [-0.05, 0) is 55.3 Å². The van der Waals surface area contributed by atoms with E-state index in [1.54, 1.807) is 0 Å². The molecule has 2 saturated carbocycles. The minimum absolute atomic E-state index is 0.424. The highest BCUT2D eigenvalue weighted by Crippen LogP contribution is 2.75. The van der Waals surface area contributed by atoms with Gasteiger partial charge in [-0.15, -0.1) is 0 Å². The van der Waals surface area contributed by atoms with Crippen molar-refractivity contribution >= 4 is 0 Å². The number of hydrogen-bond acceptors (Lipinski definition) is 1. The molecular weight excluding hydrogens is 196 g/mol. The summed E-state index contributed by atoms with van der Waals surface area (Å²) < 4.78 is 0. The molecule has 0 aromatic carbocycles. The number of rotatable bonds is 4. The molecule has 4 unspecified atom stereocenters. The van der Waals surface area contributed by atoms with Crippen LogP contribution in [0.4, 0.5) is 0 Å². The molecule has 1 heteroatoms. The van der Waals surface area contributed by atoms with Crippen LogP contribution < -0.4 is 0 Å². The van der Waals surface area contributed by atoms with Crippen LogP contribution in [0.1, 0.15) is 66.7 Å². The number of hydrogen-bond donors (Lipinski definition) is 1. The molecule has 4 atom stereocenters. The first-order chi connectivity index (χ1) is 7.31. The molecule has 94 valence electrons. The maximum Gasteiger partial charge on any atom is 0.0648 e. The van der Waals surface area contributed by atoms with E-state index in [4.69, 9.17) is 0 Å². The van der Waals surface area contributed by atoms with E-state index >= 15 is 0 Å². The second kappa shape index (κ2) is 3.48. The third-order valence-corrected chi connectivity index (χ3v) is 6.27. The summed E-state index contributed by atoms with van der Waals surface area (Å²) in [6, 6.07) is 0. The molecular formula is C15H28O. The standard InChI is InChI=1S/C15H28O/c1-6-13(3,4)15-9-8-11(12(15)10-15)14(5,16)7-2/h11-12,16H,6-10H2,1-5H3. The zero-order chi connectivity index (χ0) is 12.2. The van der Waals surface area contributed by atoms with Crippen LogP contribution in [0.5, 0.6) is 0 Å². The van der Waals surface area contributed by atoms with Gasteiger partial charge >= 0.3 is 0 Å². The quantitative estimate of drug-likeness (QED) is 0.765. The predicted octanol–water partition coefficient (Wildman–Crippen LogP) is 4.00. The minimum Gasteiger partial charge on any atom is -0.390 e. The lowest BCUT2D eigenvalue weighted by Gasteiger charge is -2.33. The van der Waals surface area contributed by atoms with Gasteiger partial charge in [0.05, 0.1) is 5.60 Å². The maximum absolute atomic E-state index is 10.5. The molecule has 0 aliphatic heterocycles. The fraction of sp³-hybridized carbons (Fsp3) is 1.00. The van der Waals surface area contributed by atoms with Crippen LogP contribution in [0.2, 0.25) is 0 Å². The van der Waals surface area contributed by atoms with E-state index in [-0.39, 0.29) is 0 Å². The summed E-state index contributed by atoms with van der Waals surface area (Å²) in [6.07, 6.45) is 6.13. The van der Waals surface area contributed by atoms with Crippen molar-refractivity contribution in [2.75, 3.05) is 0 Å². The van der Waals surface area contributed by atoms with Crippen molar-refractivity contribution in [3.63, 3.8) is 0 Å². The van der Waals surface area contributed by atoms with Crippen LogP contribution in [-0.4, -0.2) is 10.7 Å². The van der Waals surface area contributed by atoms with Crippen LogP contribution in [0.15, 0.2) is 0 Å². The van der Waals surface area contributed by atoms with Crippen LogP contribution in [0, 0.1) is 22.7 Å². The first-order valence-electron chi connectivity index (χ1n) is 7.03. The molecule has 0 bridgehead atoms. The Morgan fingerprint density at radius 3 is 2.25 bits per heavy atom. The molecule has 0 aromatic heterocycles. The van der Waals surface area contributed by atoms with Crippen molar-refractivity contribution < 1.29 is 5.11 Å². The van der Waals surface area contributed by atoms with Crippen molar-refractivity contribution in [3.05, 3.63) is 0 Å². The maximum atomic E-state index is 10.5. The van der Waals surface area contributed by atoms with Crippen molar-refractivity contribution in [3.8, 4) is 0 Å². The molecule has 1 N–H and O–H groups in total.